The van der Waals surface area contributed by atoms with Crippen LogP contribution in [0.3, 0.4) is 0 Å². The van der Waals surface area contributed by atoms with Gasteiger partial charge in [0.2, 0.25) is 0 Å². The Hall–Kier alpha value is -1.03. The van der Waals surface area contributed by atoms with Gasteiger partial charge in [-0.2, -0.15) is 0 Å². The number of benzene rings is 1. The summed E-state index contributed by atoms with van der Waals surface area (Å²) in [6, 6.07) is 5.33. The Bertz CT molecular complexity index is 362. The minimum absolute atomic E-state index is 0.0131. The largest absolute Gasteiger partial charge is 0.398 e. The van der Waals surface area contributed by atoms with E-state index in [1.807, 2.05) is 13.8 Å². The van der Waals surface area contributed by atoms with E-state index >= 15 is 0 Å². The smallest absolute Gasteiger partial charge is 0.255 e. The lowest BCUT2D eigenvalue weighted by atomic mass is 10.2. The Morgan fingerprint density at radius 2 is 2.00 bits per heavy atom. The second kappa shape index (κ2) is 5.16. The Kier molecular flexibility index (Phi) is 4.15. The molecule has 0 atom stereocenters. The molecular weight excluding hydrogens is 256 g/mol. The molecule has 1 aromatic carbocycles. The zero-order valence-corrected chi connectivity index (χ0v) is 10.5. The second-order valence-corrected chi connectivity index (χ2v) is 3.98. The summed E-state index contributed by atoms with van der Waals surface area (Å²) in [5, 5.41) is 0. The molecule has 82 valence electrons. The molecule has 0 aliphatic carbocycles. The minimum Gasteiger partial charge on any atom is -0.398 e. The Morgan fingerprint density at radius 1 is 1.40 bits per heavy atom. The van der Waals surface area contributed by atoms with E-state index in [-0.39, 0.29) is 5.91 Å². The lowest BCUT2D eigenvalue weighted by Gasteiger charge is -2.19. The fourth-order valence-corrected chi connectivity index (χ4v) is 1.83. The zero-order valence-electron chi connectivity index (χ0n) is 8.96. The van der Waals surface area contributed by atoms with E-state index in [2.05, 4.69) is 15.9 Å². The summed E-state index contributed by atoms with van der Waals surface area (Å²) in [6.07, 6.45) is 0. The van der Waals surface area contributed by atoms with Crippen molar-refractivity contribution in [1.82, 2.24) is 4.90 Å². The highest BCUT2D eigenvalue weighted by atomic mass is 79.9. The van der Waals surface area contributed by atoms with Crippen LogP contribution in [0.5, 0.6) is 0 Å². The molecule has 0 fully saturated rings. The van der Waals surface area contributed by atoms with Crippen LogP contribution in [0.15, 0.2) is 22.7 Å². The number of carbonyl (C=O) groups excluding carboxylic acids is 1. The Morgan fingerprint density at radius 3 is 2.53 bits per heavy atom. The molecule has 1 amide bonds. The van der Waals surface area contributed by atoms with E-state index in [1.54, 1.807) is 23.1 Å². The highest BCUT2D eigenvalue weighted by Crippen LogP contribution is 2.24. The van der Waals surface area contributed by atoms with E-state index < -0.39 is 0 Å². The maximum Gasteiger partial charge on any atom is 0.255 e. The number of hydrogen-bond donors (Lipinski definition) is 1. The number of halogens is 1. The van der Waals surface area contributed by atoms with Gasteiger partial charge < -0.3 is 10.6 Å². The molecule has 0 unspecified atom stereocenters. The van der Waals surface area contributed by atoms with Crippen molar-refractivity contribution >= 4 is 27.5 Å². The molecular formula is C11H15BrN2O. The molecule has 0 spiro atoms. The quantitative estimate of drug-likeness (QED) is 0.858. The first-order valence-corrected chi connectivity index (χ1v) is 5.74. The van der Waals surface area contributed by atoms with E-state index in [0.717, 1.165) is 0 Å². The molecule has 3 nitrogen and oxygen atoms in total. The van der Waals surface area contributed by atoms with E-state index in [9.17, 15) is 4.79 Å². The number of amides is 1. The van der Waals surface area contributed by atoms with Gasteiger partial charge in [0.25, 0.3) is 5.91 Å². The van der Waals surface area contributed by atoms with E-state index in [4.69, 9.17) is 5.73 Å². The van der Waals surface area contributed by atoms with Crippen molar-refractivity contribution in [2.75, 3.05) is 18.8 Å². The van der Waals surface area contributed by atoms with Crippen molar-refractivity contribution in [2.45, 2.75) is 13.8 Å². The normalized spacial score (nSPS) is 10.1. The van der Waals surface area contributed by atoms with Crippen molar-refractivity contribution in [3.8, 4) is 0 Å². The number of nitrogen functional groups attached to an aromatic ring is 1. The van der Waals surface area contributed by atoms with Gasteiger partial charge in [-0.1, -0.05) is 6.07 Å². The van der Waals surface area contributed by atoms with Crippen LogP contribution in [-0.2, 0) is 0 Å². The Labute approximate surface area is 98.4 Å². The fraction of sp³-hybridized carbons (Fsp3) is 0.364. The molecule has 4 heteroatoms. The number of carbonyl (C=O) groups is 1. The van der Waals surface area contributed by atoms with Crippen LogP contribution >= 0.6 is 15.9 Å². The van der Waals surface area contributed by atoms with Crippen LogP contribution in [0.1, 0.15) is 24.2 Å². The van der Waals surface area contributed by atoms with Gasteiger partial charge in [-0.05, 0) is 41.9 Å². The summed E-state index contributed by atoms with van der Waals surface area (Å²) in [4.78, 5) is 13.8. The number of rotatable bonds is 3. The summed E-state index contributed by atoms with van der Waals surface area (Å²) in [5.74, 6) is 0.0131. The van der Waals surface area contributed by atoms with Crippen LogP contribution in [-0.4, -0.2) is 23.9 Å². The van der Waals surface area contributed by atoms with Crippen LogP contribution < -0.4 is 5.73 Å². The molecule has 0 saturated heterocycles. The molecule has 15 heavy (non-hydrogen) atoms. The highest BCUT2D eigenvalue weighted by molar-refractivity contribution is 9.10. The fourth-order valence-electron chi connectivity index (χ4n) is 1.40. The first kappa shape index (κ1) is 12.0. The molecule has 2 N–H and O–H groups in total. The Balaban J connectivity index is 3.05. The molecule has 0 aliphatic rings. The van der Waals surface area contributed by atoms with Crippen LogP contribution in [0.2, 0.25) is 0 Å². The van der Waals surface area contributed by atoms with Gasteiger partial charge >= 0.3 is 0 Å². The van der Waals surface area contributed by atoms with Crippen LogP contribution in [0, 0.1) is 0 Å². The number of anilines is 1. The standard InChI is InChI=1S/C11H15BrN2O/c1-3-14(4-2)11(15)8-6-5-7-9(13)10(8)12/h5-7H,3-4,13H2,1-2H3. The number of nitrogens with zero attached hydrogens (tertiary/aromatic N) is 1. The van der Waals surface area contributed by atoms with Crippen molar-refractivity contribution in [1.29, 1.82) is 0 Å². The molecule has 0 heterocycles. The summed E-state index contributed by atoms with van der Waals surface area (Å²) in [7, 11) is 0. The molecule has 1 rings (SSSR count). The summed E-state index contributed by atoms with van der Waals surface area (Å²) >= 11 is 3.33. The first-order chi connectivity index (χ1) is 7.11. The average Bonchev–Trinajstić information content (AvgIpc) is 2.23. The predicted octanol–water partition coefficient (Wildman–Crippen LogP) is 2.51. The third-order valence-corrected chi connectivity index (χ3v) is 3.19. The monoisotopic (exact) mass is 270 g/mol. The third-order valence-electron chi connectivity index (χ3n) is 2.31. The van der Waals surface area contributed by atoms with Crippen molar-refractivity contribution in [2.24, 2.45) is 0 Å². The predicted molar refractivity (Wildman–Crippen MR) is 65.8 cm³/mol. The minimum atomic E-state index is 0.0131. The lowest BCUT2D eigenvalue weighted by Crippen LogP contribution is -2.30. The van der Waals surface area contributed by atoms with Gasteiger partial charge in [0, 0.05) is 18.8 Å². The van der Waals surface area contributed by atoms with Crippen molar-refractivity contribution in [3.05, 3.63) is 28.2 Å². The van der Waals surface area contributed by atoms with E-state index in [1.165, 1.54) is 0 Å². The van der Waals surface area contributed by atoms with Gasteiger partial charge in [-0.3, -0.25) is 4.79 Å². The second-order valence-electron chi connectivity index (χ2n) is 3.19. The average molecular weight is 271 g/mol. The molecule has 0 aliphatic heterocycles. The molecule has 0 aromatic heterocycles. The third kappa shape index (κ3) is 2.50. The maximum absolute atomic E-state index is 12.0. The maximum atomic E-state index is 12.0. The first-order valence-electron chi connectivity index (χ1n) is 4.95. The van der Waals surface area contributed by atoms with Gasteiger partial charge in [0.1, 0.15) is 0 Å². The van der Waals surface area contributed by atoms with Crippen molar-refractivity contribution in [3.63, 3.8) is 0 Å². The number of nitrogens with two attached hydrogens (primary N) is 1. The summed E-state index contributed by atoms with van der Waals surface area (Å²) in [6.45, 7) is 5.33. The van der Waals surface area contributed by atoms with Gasteiger partial charge in [0.05, 0.1) is 10.0 Å². The van der Waals surface area contributed by atoms with Crippen LogP contribution in [0.4, 0.5) is 5.69 Å². The van der Waals surface area contributed by atoms with Gasteiger partial charge in [-0.15, -0.1) is 0 Å². The van der Waals surface area contributed by atoms with E-state index in [0.29, 0.717) is 28.8 Å². The summed E-state index contributed by atoms with van der Waals surface area (Å²) in [5.41, 5.74) is 6.94. The molecule has 1 aromatic rings. The van der Waals surface area contributed by atoms with Crippen molar-refractivity contribution < 1.29 is 4.79 Å². The van der Waals surface area contributed by atoms with Crippen LogP contribution in [0.25, 0.3) is 0 Å². The number of hydrogen-bond acceptors (Lipinski definition) is 2. The SMILES string of the molecule is CCN(CC)C(=O)c1cccc(N)c1Br. The van der Waals surface area contributed by atoms with Gasteiger partial charge in [0.15, 0.2) is 0 Å². The van der Waals surface area contributed by atoms with Gasteiger partial charge in [-0.25, -0.2) is 0 Å². The molecule has 0 bridgehead atoms. The topological polar surface area (TPSA) is 46.3 Å². The molecule has 0 radical (unpaired) electrons. The summed E-state index contributed by atoms with van der Waals surface area (Å²) < 4.78 is 0.682. The zero-order chi connectivity index (χ0) is 11.4. The lowest BCUT2D eigenvalue weighted by molar-refractivity contribution is 0.0772. The molecule has 0 saturated carbocycles. The highest BCUT2D eigenvalue weighted by Gasteiger charge is 2.16.